The van der Waals surface area contributed by atoms with Crippen LogP contribution >= 0.6 is 23.7 Å². The number of carbonyl (C=O) groups is 1. The molecule has 0 unspecified atom stereocenters. The van der Waals surface area contributed by atoms with Gasteiger partial charge in [-0.15, -0.1) is 23.7 Å². The van der Waals surface area contributed by atoms with Crippen LogP contribution < -0.4 is 10.0 Å². The fraction of sp³-hybridized carbons (Fsp3) is 0.643. The van der Waals surface area contributed by atoms with Gasteiger partial charge in [0.15, 0.2) is 0 Å². The molecule has 1 aromatic heterocycles. The van der Waals surface area contributed by atoms with Gasteiger partial charge in [0, 0.05) is 18.5 Å². The summed E-state index contributed by atoms with van der Waals surface area (Å²) in [5, 5.41) is 4.94. The molecule has 2 aliphatic heterocycles. The van der Waals surface area contributed by atoms with Gasteiger partial charge in [-0.1, -0.05) is 0 Å². The lowest BCUT2D eigenvalue weighted by atomic mass is 9.92. The molecule has 1 amide bonds. The first kappa shape index (κ1) is 18.7. The Morgan fingerprint density at radius 1 is 1.30 bits per heavy atom. The minimum atomic E-state index is -3.48. The monoisotopic (exact) mass is 379 g/mol. The van der Waals surface area contributed by atoms with Gasteiger partial charge in [0.25, 0.3) is 5.91 Å². The van der Waals surface area contributed by atoms with Gasteiger partial charge in [-0.05, 0) is 50.9 Å². The number of halogens is 1. The lowest BCUT2D eigenvalue weighted by Crippen LogP contribution is -2.32. The normalized spacial score (nSPS) is 24.7. The summed E-state index contributed by atoms with van der Waals surface area (Å²) in [5.74, 6) is 1.29. The minimum Gasteiger partial charge on any atom is -0.338 e. The Morgan fingerprint density at radius 2 is 1.91 bits per heavy atom. The third kappa shape index (κ3) is 3.88. The third-order valence-corrected chi connectivity index (χ3v) is 7.13. The Labute approximate surface area is 147 Å². The summed E-state index contributed by atoms with van der Waals surface area (Å²) in [6, 6.07) is 1.48. The number of sulfonamides is 1. The summed E-state index contributed by atoms with van der Waals surface area (Å²) in [4.78, 5) is 15.1. The van der Waals surface area contributed by atoms with Crippen molar-refractivity contribution in [3.8, 4) is 0 Å². The van der Waals surface area contributed by atoms with Crippen molar-refractivity contribution >= 4 is 39.7 Å². The zero-order chi connectivity index (χ0) is 15.7. The van der Waals surface area contributed by atoms with Crippen molar-refractivity contribution in [2.75, 3.05) is 33.2 Å². The van der Waals surface area contributed by atoms with Gasteiger partial charge in [-0.25, -0.2) is 13.1 Å². The summed E-state index contributed by atoms with van der Waals surface area (Å²) >= 11 is 1.20. The topological polar surface area (TPSA) is 78.5 Å². The van der Waals surface area contributed by atoms with Crippen LogP contribution in [0, 0.1) is 11.8 Å². The number of nitrogens with zero attached hydrogens (tertiary/aromatic N) is 1. The Morgan fingerprint density at radius 3 is 2.48 bits per heavy atom. The molecule has 2 N–H and O–H groups in total. The van der Waals surface area contributed by atoms with E-state index in [0.717, 1.165) is 39.0 Å². The van der Waals surface area contributed by atoms with E-state index in [1.54, 1.807) is 0 Å². The fourth-order valence-corrected chi connectivity index (χ4v) is 5.24. The first-order valence-corrected chi connectivity index (χ1v) is 9.89. The van der Waals surface area contributed by atoms with Gasteiger partial charge in [-0.2, -0.15) is 0 Å². The summed E-state index contributed by atoms with van der Waals surface area (Å²) in [7, 11) is -2.11. The highest BCUT2D eigenvalue weighted by Gasteiger charge is 2.32. The number of amides is 1. The molecule has 0 aliphatic carbocycles. The molecule has 0 spiro atoms. The fourth-order valence-electron chi connectivity index (χ4n) is 3.27. The molecule has 2 saturated heterocycles. The Bertz CT molecular complexity index is 648. The smallest absolute Gasteiger partial charge is 0.263 e. The van der Waals surface area contributed by atoms with Crippen molar-refractivity contribution in [1.82, 2.24) is 14.9 Å². The maximum atomic E-state index is 12.6. The predicted octanol–water partition coefficient (Wildman–Crippen LogP) is 1.15. The molecule has 2 aliphatic rings. The van der Waals surface area contributed by atoms with Gasteiger partial charge in [0.05, 0.1) is 9.77 Å². The van der Waals surface area contributed by atoms with Crippen LogP contribution in [0.1, 0.15) is 22.5 Å². The molecule has 3 rings (SSSR count). The molecule has 130 valence electrons. The van der Waals surface area contributed by atoms with E-state index >= 15 is 0 Å². The van der Waals surface area contributed by atoms with E-state index in [2.05, 4.69) is 10.0 Å². The third-order valence-electron chi connectivity index (χ3n) is 4.67. The molecule has 9 heteroatoms. The van der Waals surface area contributed by atoms with Crippen molar-refractivity contribution in [2.45, 2.75) is 17.7 Å². The zero-order valence-electron chi connectivity index (χ0n) is 12.9. The van der Waals surface area contributed by atoms with E-state index in [1.165, 1.54) is 29.8 Å². The van der Waals surface area contributed by atoms with Gasteiger partial charge in [-0.3, -0.25) is 4.79 Å². The van der Waals surface area contributed by atoms with E-state index in [0.29, 0.717) is 16.7 Å². The van der Waals surface area contributed by atoms with Crippen LogP contribution in [0.25, 0.3) is 0 Å². The summed E-state index contributed by atoms with van der Waals surface area (Å²) in [5.41, 5.74) is 0. The van der Waals surface area contributed by atoms with E-state index in [4.69, 9.17) is 0 Å². The molecule has 2 fully saturated rings. The van der Waals surface area contributed by atoms with Gasteiger partial charge in [0.1, 0.15) is 0 Å². The number of hydrogen-bond donors (Lipinski definition) is 2. The Kier molecular flexibility index (Phi) is 6.07. The number of fused-ring (bicyclic) bond motifs is 1. The number of hydrogen-bond acceptors (Lipinski definition) is 5. The number of nitrogens with one attached hydrogen (secondary N) is 2. The lowest BCUT2D eigenvalue weighted by Gasteiger charge is -2.20. The second-order valence-electron chi connectivity index (χ2n) is 5.90. The maximum absolute atomic E-state index is 12.6. The van der Waals surface area contributed by atoms with Crippen LogP contribution in [0.3, 0.4) is 0 Å². The Balaban J connectivity index is 0.00000192. The predicted molar refractivity (Wildman–Crippen MR) is 92.8 cm³/mol. The van der Waals surface area contributed by atoms with Gasteiger partial charge in [0.2, 0.25) is 10.0 Å². The SMILES string of the molecule is CNS(=O)(=O)c1csc(C(=O)N2CC[C@@H]3CNC[C@@H]3CC2)c1.Cl. The van der Waals surface area contributed by atoms with Gasteiger partial charge < -0.3 is 10.2 Å². The molecule has 1 aromatic rings. The van der Waals surface area contributed by atoms with Crippen molar-refractivity contribution in [3.05, 3.63) is 16.3 Å². The van der Waals surface area contributed by atoms with Crippen molar-refractivity contribution in [1.29, 1.82) is 0 Å². The van der Waals surface area contributed by atoms with Gasteiger partial charge >= 0.3 is 0 Å². The number of likely N-dealkylation sites (tertiary alicyclic amines) is 1. The van der Waals surface area contributed by atoms with Crippen LogP contribution in [0.2, 0.25) is 0 Å². The first-order valence-electron chi connectivity index (χ1n) is 7.53. The standard InChI is InChI=1S/C14H21N3O3S2.ClH/c1-15-22(19,20)12-6-13(21-9-12)14(18)17-4-2-10-7-16-8-11(10)3-5-17;/h6,9-11,15-16H,2-5,7-8H2,1H3;1H/t10-,11+;. The van der Waals surface area contributed by atoms with Crippen molar-refractivity contribution in [3.63, 3.8) is 0 Å². The van der Waals surface area contributed by atoms with E-state index in [1.807, 2.05) is 4.90 Å². The highest BCUT2D eigenvalue weighted by molar-refractivity contribution is 7.89. The molecular formula is C14H22ClN3O3S2. The van der Waals surface area contributed by atoms with Crippen LogP contribution in [-0.2, 0) is 10.0 Å². The molecule has 23 heavy (non-hydrogen) atoms. The molecule has 2 atom stereocenters. The molecular weight excluding hydrogens is 358 g/mol. The molecule has 0 radical (unpaired) electrons. The Hall–Kier alpha value is -0.670. The average molecular weight is 380 g/mol. The number of carbonyl (C=O) groups excluding carboxylic acids is 1. The summed E-state index contributed by atoms with van der Waals surface area (Å²) < 4.78 is 25.8. The van der Waals surface area contributed by atoms with Crippen LogP contribution in [0.15, 0.2) is 16.3 Å². The first-order chi connectivity index (χ1) is 10.5. The maximum Gasteiger partial charge on any atom is 0.263 e. The quantitative estimate of drug-likeness (QED) is 0.825. The zero-order valence-corrected chi connectivity index (χ0v) is 15.4. The van der Waals surface area contributed by atoms with Crippen molar-refractivity contribution < 1.29 is 13.2 Å². The molecule has 0 bridgehead atoms. The van der Waals surface area contributed by atoms with Crippen molar-refractivity contribution in [2.24, 2.45) is 11.8 Å². The lowest BCUT2D eigenvalue weighted by molar-refractivity contribution is 0.0763. The van der Waals surface area contributed by atoms with E-state index < -0.39 is 10.0 Å². The second kappa shape index (κ2) is 7.48. The highest BCUT2D eigenvalue weighted by Crippen LogP contribution is 2.28. The molecule has 6 nitrogen and oxygen atoms in total. The van der Waals surface area contributed by atoms with Crippen LogP contribution in [-0.4, -0.2) is 52.5 Å². The van der Waals surface area contributed by atoms with Crippen LogP contribution in [0.5, 0.6) is 0 Å². The molecule has 0 saturated carbocycles. The number of rotatable bonds is 3. The van der Waals surface area contributed by atoms with E-state index in [9.17, 15) is 13.2 Å². The average Bonchev–Trinajstić information content (AvgIpc) is 3.13. The molecule has 0 aromatic carbocycles. The van der Waals surface area contributed by atoms with Crippen LogP contribution in [0.4, 0.5) is 0 Å². The summed E-state index contributed by atoms with van der Waals surface area (Å²) in [6.45, 7) is 3.62. The second-order valence-corrected chi connectivity index (χ2v) is 8.70. The largest absolute Gasteiger partial charge is 0.338 e. The summed E-state index contributed by atoms with van der Waals surface area (Å²) in [6.07, 6.45) is 2.05. The molecule has 3 heterocycles. The minimum absolute atomic E-state index is 0. The van der Waals surface area contributed by atoms with E-state index in [-0.39, 0.29) is 23.2 Å². The highest BCUT2D eigenvalue weighted by atomic mass is 35.5. The number of thiophene rings is 1.